The number of imidazole rings is 1. The fourth-order valence-corrected chi connectivity index (χ4v) is 2.78. The Morgan fingerprint density at radius 3 is 2.71 bits per heavy atom. The number of carboxylic acid groups (broad SMARTS) is 1. The largest absolute Gasteiger partial charge is 0.477 e. The van der Waals surface area contributed by atoms with Crippen LogP contribution in [0.25, 0.3) is 0 Å². The smallest absolute Gasteiger partial charge is 0.352 e. The van der Waals surface area contributed by atoms with Crippen molar-refractivity contribution in [2.75, 3.05) is 13.1 Å². The van der Waals surface area contributed by atoms with Gasteiger partial charge in [-0.25, -0.2) is 9.78 Å². The van der Waals surface area contributed by atoms with Gasteiger partial charge in [0.05, 0.1) is 12.5 Å². The second-order valence-electron chi connectivity index (χ2n) is 5.09. The summed E-state index contributed by atoms with van der Waals surface area (Å²) in [6.07, 6.45) is 6.28. The minimum absolute atomic E-state index is 0.0584. The summed E-state index contributed by atoms with van der Waals surface area (Å²) in [7, 11) is 0. The first kappa shape index (κ1) is 13.4. The molecule has 7 nitrogen and oxygen atoms in total. The lowest BCUT2D eigenvalue weighted by Gasteiger charge is -2.33. The van der Waals surface area contributed by atoms with E-state index in [4.69, 9.17) is 5.11 Å². The number of H-pyrrole nitrogens is 1. The number of aromatic nitrogens is 3. The Kier molecular flexibility index (Phi) is 3.47. The molecule has 0 aliphatic carbocycles. The quantitative estimate of drug-likeness (QED) is 0.892. The Morgan fingerprint density at radius 2 is 2.10 bits per heavy atom. The molecule has 7 heteroatoms. The lowest BCUT2D eigenvalue weighted by molar-refractivity contribution is 0.0648. The number of rotatable bonds is 3. The summed E-state index contributed by atoms with van der Waals surface area (Å²) in [5.41, 5.74) is 0.786. The van der Waals surface area contributed by atoms with Crippen molar-refractivity contribution in [3.63, 3.8) is 0 Å². The molecule has 3 rings (SSSR count). The molecule has 21 heavy (non-hydrogen) atoms. The SMILES string of the molecule is O=C(O)c1cccn1C1CCN(C(=O)c2cnc[nH]2)CC1. The van der Waals surface area contributed by atoms with Gasteiger partial charge in [-0.05, 0) is 25.0 Å². The van der Waals surface area contributed by atoms with Crippen LogP contribution in [-0.4, -0.2) is 49.5 Å². The molecule has 0 radical (unpaired) electrons. The van der Waals surface area contributed by atoms with Crippen LogP contribution in [0.2, 0.25) is 0 Å². The third-order valence-electron chi connectivity index (χ3n) is 3.87. The maximum Gasteiger partial charge on any atom is 0.352 e. The summed E-state index contributed by atoms with van der Waals surface area (Å²) in [6.45, 7) is 1.22. The van der Waals surface area contributed by atoms with Gasteiger partial charge < -0.3 is 19.6 Å². The first-order valence-corrected chi connectivity index (χ1v) is 6.84. The van der Waals surface area contributed by atoms with Crippen LogP contribution >= 0.6 is 0 Å². The summed E-state index contributed by atoms with van der Waals surface area (Å²) in [5, 5.41) is 9.15. The van der Waals surface area contributed by atoms with E-state index in [9.17, 15) is 9.59 Å². The summed E-state index contributed by atoms with van der Waals surface area (Å²) < 4.78 is 1.79. The van der Waals surface area contributed by atoms with E-state index in [1.165, 1.54) is 12.5 Å². The van der Waals surface area contributed by atoms with Gasteiger partial charge in [0.1, 0.15) is 11.4 Å². The van der Waals surface area contributed by atoms with Gasteiger partial charge in [-0.15, -0.1) is 0 Å². The van der Waals surface area contributed by atoms with Gasteiger partial charge in [-0.3, -0.25) is 4.79 Å². The number of likely N-dealkylation sites (tertiary alicyclic amines) is 1. The number of carboxylic acids is 1. The van der Waals surface area contributed by atoms with Gasteiger partial charge in [0.15, 0.2) is 0 Å². The van der Waals surface area contributed by atoms with E-state index in [1.54, 1.807) is 27.8 Å². The van der Waals surface area contributed by atoms with Crippen LogP contribution in [0.15, 0.2) is 30.9 Å². The third kappa shape index (κ3) is 2.54. The van der Waals surface area contributed by atoms with Crippen LogP contribution < -0.4 is 0 Å². The molecule has 0 atom stereocenters. The van der Waals surface area contributed by atoms with E-state index in [-0.39, 0.29) is 11.9 Å². The molecule has 1 fully saturated rings. The van der Waals surface area contributed by atoms with Gasteiger partial charge in [-0.1, -0.05) is 0 Å². The standard InChI is InChI=1S/C14H16N4O3/c19-13(11-8-15-9-16-11)17-6-3-10(4-7-17)18-5-1-2-12(18)14(20)21/h1-2,5,8-10H,3-4,6-7H2,(H,15,16)(H,20,21). The van der Waals surface area contributed by atoms with Crippen LogP contribution in [0.5, 0.6) is 0 Å². The molecule has 0 spiro atoms. The fraction of sp³-hybridized carbons (Fsp3) is 0.357. The van der Waals surface area contributed by atoms with Crippen molar-refractivity contribution in [1.82, 2.24) is 19.4 Å². The number of amides is 1. The van der Waals surface area contributed by atoms with Crippen molar-refractivity contribution in [2.45, 2.75) is 18.9 Å². The minimum atomic E-state index is -0.920. The Balaban J connectivity index is 1.66. The Morgan fingerprint density at radius 1 is 1.33 bits per heavy atom. The lowest BCUT2D eigenvalue weighted by atomic mass is 10.0. The topological polar surface area (TPSA) is 91.2 Å². The van der Waals surface area contributed by atoms with Crippen molar-refractivity contribution in [3.05, 3.63) is 42.2 Å². The van der Waals surface area contributed by atoms with Crippen molar-refractivity contribution in [2.24, 2.45) is 0 Å². The number of nitrogens with zero attached hydrogens (tertiary/aromatic N) is 3. The van der Waals surface area contributed by atoms with Gasteiger partial charge in [0, 0.05) is 25.3 Å². The highest BCUT2D eigenvalue weighted by atomic mass is 16.4. The summed E-state index contributed by atoms with van der Waals surface area (Å²) in [4.78, 5) is 31.8. The molecule has 0 saturated carbocycles. The number of carbonyl (C=O) groups excluding carboxylic acids is 1. The van der Waals surface area contributed by atoms with E-state index >= 15 is 0 Å². The Hall–Kier alpha value is -2.57. The molecule has 2 aromatic heterocycles. The Labute approximate surface area is 121 Å². The number of nitrogens with one attached hydrogen (secondary N) is 1. The first-order chi connectivity index (χ1) is 10.2. The lowest BCUT2D eigenvalue weighted by Crippen LogP contribution is -2.39. The number of piperidine rings is 1. The van der Waals surface area contributed by atoms with Crippen LogP contribution in [0.4, 0.5) is 0 Å². The second-order valence-corrected chi connectivity index (χ2v) is 5.09. The third-order valence-corrected chi connectivity index (χ3v) is 3.87. The van der Waals surface area contributed by atoms with Crippen molar-refractivity contribution >= 4 is 11.9 Å². The predicted octanol–water partition coefficient (Wildman–Crippen LogP) is 1.39. The number of aromatic amines is 1. The van der Waals surface area contributed by atoms with Crippen molar-refractivity contribution in [3.8, 4) is 0 Å². The van der Waals surface area contributed by atoms with E-state index in [2.05, 4.69) is 9.97 Å². The number of carbonyl (C=O) groups is 2. The normalized spacial score (nSPS) is 16.1. The zero-order chi connectivity index (χ0) is 14.8. The zero-order valence-corrected chi connectivity index (χ0v) is 11.4. The molecule has 2 N–H and O–H groups in total. The average Bonchev–Trinajstić information content (AvgIpc) is 3.18. The molecular formula is C14H16N4O3. The molecular weight excluding hydrogens is 272 g/mol. The van der Waals surface area contributed by atoms with Crippen LogP contribution in [0.1, 0.15) is 39.9 Å². The molecule has 1 aliphatic rings. The molecule has 1 aliphatic heterocycles. The predicted molar refractivity (Wildman–Crippen MR) is 74.2 cm³/mol. The summed E-state index contributed by atoms with van der Waals surface area (Å²) in [5.74, 6) is -0.979. The average molecular weight is 288 g/mol. The fourth-order valence-electron chi connectivity index (χ4n) is 2.78. The van der Waals surface area contributed by atoms with Crippen LogP contribution in [0.3, 0.4) is 0 Å². The molecule has 0 aromatic carbocycles. The zero-order valence-electron chi connectivity index (χ0n) is 11.4. The molecule has 0 bridgehead atoms. The molecule has 2 aromatic rings. The van der Waals surface area contributed by atoms with Gasteiger partial charge in [0.25, 0.3) is 5.91 Å². The first-order valence-electron chi connectivity index (χ1n) is 6.84. The summed E-state index contributed by atoms with van der Waals surface area (Å²) in [6, 6.07) is 3.47. The minimum Gasteiger partial charge on any atom is -0.477 e. The molecule has 3 heterocycles. The van der Waals surface area contributed by atoms with Crippen LogP contribution in [-0.2, 0) is 0 Å². The van der Waals surface area contributed by atoms with Gasteiger partial charge in [-0.2, -0.15) is 0 Å². The van der Waals surface area contributed by atoms with Crippen molar-refractivity contribution < 1.29 is 14.7 Å². The van der Waals surface area contributed by atoms with Crippen LogP contribution in [0, 0.1) is 0 Å². The highest BCUT2D eigenvalue weighted by Crippen LogP contribution is 2.25. The van der Waals surface area contributed by atoms with Gasteiger partial charge in [0.2, 0.25) is 0 Å². The molecule has 1 amide bonds. The highest BCUT2D eigenvalue weighted by molar-refractivity contribution is 5.92. The van der Waals surface area contributed by atoms with E-state index in [0.29, 0.717) is 24.5 Å². The Bertz CT molecular complexity index is 639. The van der Waals surface area contributed by atoms with E-state index in [1.807, 2.05) is 0 Å². The van der Waals surface area contributed by atoms with E-state index in [0.717, 1.165) is 12.8 Å². The molecule has 110 valence electrons. The van der Waals surface area contributed by atoms with E-state index < -0.39 is 5.97 Å². The monoisotopic (exact) mass is 288 g/mol. The summed E-state index contributed by atoms with van der Waals surface area (Å²) >= 11 is 0. The second kappa shape index (κ2) is 5.43. The number of hydrogen-bond acceptors (Lipinski definition) is 3. The number of aromatic carboxylic acids is 1. The molecule has 0 unspecified atom stereocenters. The number of hydrogen-bond donors (Lipinski definition) is 2. The molecule has 1 saturated heterocycles. The highest BCUT2D eigenvalue weighted by Gasteiger charge is 2.26. The van der Waals surface area contributed by atoms with Crippen molar-refractivity contribution in [1.29, 1.82) is 0 Å². The maximum atomic E-state index is 12.2. The maximum absolute atomic E-state index is 12.2. The van der Waals surface area contributed by atoms with Gasteiger partial charge >= 0.3 is 5.97 Å².